The Kier molecular flexibility index (Phi) is 5.76. The quantitative estimate of drug-likeness (QED) is 0.308. The van der Waals surface area contributed by atoms with Gasteiger partial charge in [-0.25, -0.2) is 9.37 Å². The minimum Gasteiger partial charge on any atom is -0.338 e. The van der Waals surface area contributed by atoms with Crippen molar-refractivity contribution in [1.82, 2.24) is 9.97 Å². The fourth-order valence-electron chi connectivity index (χ4n) is 5.44. The molecule has 2 fully saturated rings. The number of nitrogens with zero attached hydrogens (tertiary/aromatic N) is 1. The Balaban J connectivity index is 1.13. The molecule has 36 heavy (non-hydrogen) atoms. The summed E-state index contributed by atoms with van der Waals surface area (Å²) in [7, 11) is 0. The molecule has 2 amide bonds. The first-order valence-corrected chi connectivity index (χ1v) is 12.5. The molecule has 1 aromatic heterocycles. The van der Waals surface area contributed by atoms with Gasteiger partial charge < -0.3 is 15.6 Å². The number of aromatic nitrogens is 2. The molecule has 4 aromatic rings. The van der Waals surface area contributed by atoms with Crippen molar-refractivity contribution >= 4 is 34.2 Å². The standard InChI is InChI=1S/C29H27FN4O2/c30-22-8-12-24(13-9-22)32-29(36)21-7-14-25-26(16-21)34-27(33-25)18-5-10-23(11-6-18)31-28(35)20-4-2-17-1-3-19(17)15-20/h5-14,16-17,19-20H,1-4,15H2,(H,31,35)(H,32,36)(H,33,34). The van der Waals surface area contributed by atoms with Gasteiger partial charge in [-0.15, -0.1) is 0 Å². The van der Waals surface area contributed by atoms with E-state index in [1.165, 1.54) is 43.5 Å². The molecule has 2 aliphatic rings. The molecule has 6 nitrogen and oxygen atoms in total. The molecule has 3 unspecified atom stereocenters. The number of nitrogens with one attached hydrogen (secondary N) is 3. The van der Waals surface area contributed by atoms with E-state index in [0.29, 0.717) is 22.6 Å². The zero-order chi connectivity index (χ0) is 24.6. The van der Waals surface area contributed by atoms with Crippen LogP contribution in [0.5, 0.6) is 0 Å². The number of anilines is 2. The molecule has 3 N–H and O–H groups in total. The van der Waals surface area contributed by atoms with Gasteiger partial charge in [0.05, 0.1) is 11.0 Å². The van der Waals surface area contributed by atoms with Crippen molar-refractivity contribution in [2.45, 2.75) is 32.1 Å². The number of amides is 2. The normalized spacial score (nSPS) is 20.9. The number of carbonyl (C=O) groups is 2. The Labute approximate surface area is 208 Å². The number of aromatic amines is 1. The molecule has 0 radical (unpaired) electrons. The third kappa shape index (κ3) is 4.49. The van der Waals surface area contributed by atoms with Crippen molar-refractivity contribution in [3.8, 4) is 11.4 Å². The topological polar surface area (TPSA) is 86.9 Å². The zero-order valence-corrected chi connectivity index (χ0v) is 19.8. The second kappa shape index (κ2) is 9.22. The summed E-state index contributed by atoms with van der Waals surface area (Å²) in [5.74, 6) is 1.89. The first-order chi connectivity index (χ1) is 17.5. The summed E-state index contributed by atoms with van der Waals surface area (Å²) in [5.41, 5.74) is 4.13. The summed E-state index contributed by atoms with van der Waals surface area (Å²) < 4.78 is 13.1. The maximum Gasteiger partial charge on any atom is 0.255 e. The van der Waals surface area contributed by atoms with E-state index in [1.807, 2.05) is 30.3 Å². The van der Waals surface area contributed by atoms with E-state index in [9.17, 15) is 14.0 Å². The molecule has 3 atom stereocenters. The minimum atomic E-state index is -0.357. The molecule has 7 heteroatoms. The number of fused-ring (bicyclic) bond motifs is 2. The molecule has 0 spiro atoms. The van der Waals surface area contributed by atoms with Gasteiger partial charge in [0.15, 0.2) is 0 Å². The van der Waals surface area contributed by atoms with Crippen molar-refractivity contribution in [3.05, 3.63) is 78.1 Å². The maximum absolute atomic E-state index is 13.1. The highest BCUT2D eigenvalue weighted by Crippen LogP contribution is 2.47. The Bertz CT molecular complexity index is 1430. The molecule has 3 aromatic carbocycles. The number of benzene rings is 3. The predicted molar refractivity (Wildman–Crippen MR) is 138 cm³/mol. The molecule has 182 valence electrons. The van der Waals surface area contributed by atoms with Crippen LogP contribution in [-0.2, 0) is 4.79 Å². The number of H-pyrrole nitrogens is 1. The number of rotatable bonds is 5. The minimum absolute atomic E-state index is 0.121. The fourth-order valence-corrected chi connectivity index (χ4v) is 5.44. The SMILES string of the molecule is O=C(Nc1ccc(F)cc1)c1ccc2[nH]c(-c3ccc(NC(=O)C4CCC5CCC5C4)cc3)nc2c1. The van der Waals surface area contributed by atoms with Crippen LogP contribution in [0.1, 0.15) is 42.5 Å². The fraction of sp³-hybridized carbons (Fsp3) is 0.276. The van der Waals surface area contributed by atoms with E-state index in [0.717, 1.165) is 41.4 Å². The molecule has 2 saturated carbocycles. The first-order valence-electron chi connectivity index (χ1n) is 12.5. The summed E-state index contributed by atoms with van der Waals surface area (Å²) in [6.07, 6.45) is 5.82. The number of hydrogen-bond donors (Lipinski definition) is 3. The van der Waals surface area contributed by atoms with Crippen LogP contribution in [0.25, 0.3) is 22.4 Å². The van der Waals surface area contributed by atoms with Crippen LogP contribution in [0.3, 0.4) is 0 Å². The molecule has 0 saturated heterocycles. The van der Waals surface area contributed by atoms with Crippen LogP contribution in [0.2, 0.25) is 0 Å². The molecular weight excluding hydrogens is 455 g/mol. The van der Waals surface area contributed by atoms with Crippen LogP contribution in [0.4, 0.5) is 15.8 Å². The van der Waals surface area contributed by atoms with Crippen molar-refractivity contribution in [1.29, 1.82) is 0 Å². The van der Waals surface area contributed by atoms with Gasteiger partial charge in [-0.2, -0.15) is 0 Å². The van der Waals surface area contributed by atoms with Gasteiger partial charge in [0.2, 0.25) is 5.91 Å². The number of halogens is 1. The van der Waals surface area contributed by atoms with Crippen LogP contribution in [-0.4, -0.2) is 21.8 Å². The van der Waals surface area contributed by atoms with E-state index in [-0.39, 0.29) is 23.5 Å². The molecule has 1 heterocycles. The largest absolute Gasteiger partial charge is 0.338 e. The van der Waals surface area contributed by atoms with Gasteiger partial charge in [-0.3, -0.25) is 9.59 Å². The first kappa shape index (κ1) is 22.5. The molecule has 0 bridgehead atoms. The van der Waals surface area contributed by atoms with E-state index in [2.05, 4.69) is 20.6 Å². The Morgan fingerprint density at radius 1 is 0.833 bits per heavy atom. The van der Waals surface area contributed by atoms with Crippen molar-refractivity contribution in [3.63, 3.8) is 0 Å². The molecular formula is C29H27FN4O2. The molecule has 0 aliphatic heterocycles. The van der Waals surface area contributed by atoms with Crippen molar-refractivity contribution in [2.75, 3.05) is 10.6 Å². The second-order valence-corrected chi connectivity index (χ2v) is 9.95. The van der Waals surface area contributed by atoms with Gasteiger partial charge in [0.25, 0.3) is 5.91 Å². The third-order valence-electron chi connectivity index (χ3n) is 7.69. The number of carbonyl (C=O) groups excluding carboxylic acids is 2. The van der Waals surface area contributed by atoms with E-state index in [1.54, 1.807) is 12.1 Å². The van der Waals surface area contributed by atoms with Crippen molar-refractivity contribution in [2.24, 2.45) is 17.8 Å². The van der Waals surface area contributed by atoms with Crippen molar-refractivity contribution < 1.29 is 14.0 Å². The van der Waals surface area contributed by atoms with Gasteiger partial charge in [-0.05, 0) is 111 Å². The lowest BCUT2D eigenvalue weighted by Crippen LogP contribution is -2.37. The number of imidazole rings is 1. The second-order valence-electron chi connectivity index (χ2n) is 9.95. The summed E-state index contributed by atoms with van der Waals surface area (Å²) in [6.45, 7) is 0. The Morgan fingerprint density at radius 3 is 2.25 bits per heavy atom. The van der Waals surface area contributed by atoms with E-state index in [4.69, 9.17) is 0 Å². The highest BCUT2D eigenvalue weighted by molar-refractivity contribution is 6.06. The smallest absolute Gasteiger partial charge is 0.255 e. The van der Waals surface area contributed by atoms with Gasteiger partial charge in [0.1, 0.15) is 11.6 Å². The summed E-state index contributed by atoms with van der Waals surface area (Å²) in [6, 6.07) is 18.6. The number of hydrogen-bond acceptors (Lipinski definition) is 3. The maximum atomic E-state index is 13.1. The highest BCUT2D eigenvalue weighted by atomic mass is 19.1. The van der Waals surface area contributed by atoms with Crippen LogP contribution in [0.15, 0.2) is 66.7 Å². The van der Waals surface area contributed by atoms with Gasteiger partial charge in [-0.1, -0.05) is 0 Å². The lowest BCUT2D eigenvalue weighted by atomic mass is 9.62. The van der Waals surface area contributed by atoms with Crippen LogP contribution >= 0.6 is 0 Å². The van der Waals surface area contributed by atoms with Crippen LogP contribution in [0, 0.1) is 23.6 Å². The lowest BCUT2D eigenvalue weighted by molar-refractivity contribution is -0.122. The average molecular weight is 483 g/mol. The highest BCUT2D eigenvalue weighted by Gasteiger charge is 2.38. The Hall–Kier alpha value is -4.00. The monoisotopic (exact) mass is 482 g/mol. The molecule has 6 rings (SSSR count). The van der Waals surface area contributed by atoms with Gasteiger partial charge >= 0.3 is 0 Å². The summed E-state index contributed by atoms with van der Waals surface area (Å²) >= 11 is 0. The third-order valence-corrected chi connectivity index (χ3v) is 7.69. The van der Waals surface area contributed by atoms with Gasteiger partial charge in [0, 0.05) is 28.4 Å². The lowest BCUT2D eigenvalue weighted by Gasteiger charge is -2.43. The summed E-state index contributed by atoms with van der Waals surface area (Å²) in [5, 5.41) is 5.85. The average Bonchev–Trinajstić information content (AvgIpc) is 3.30. The summed E-state index contributed by atoms with van der Waals surface area (Å²) in [4.78, 5) is 33.3. The zero-order valence-electron chi connectivity index (χ0n) is 19.8. The van der Waals surface area contributed by atoms with E-state index >= 15 is 0 Å². The molecule has 2 aliphatic carbocycles. The Morgan fingerprint density at radius 2 is 1.53 bits per heavy atom. The van der Waals surface area contributed by atoms with Crippen LogP contribution < -0.4 is 10.6 Å². The van der Waals surface area contributed by atoms with E-state index < -0.39 is 0 Å². The predicted octanol–water partition coefficient (Wildman–Crippen LogP) is 6.39.